The molecule has 1 fully saturated rings. The molecular weight excluding hydrogens is 382 g/mol. The molecule has 4 rings (SSSR count). The Morgan fingerprint density at radius 1 is 1.24 bits per heavy atom. The van der Waals surface area contributed by atoms with Gasteiger partial charge in [-0.3, -0.25) is 4.79 Å². The van der Waals surface area contributed by atoms with Crippen LogP contribution in [0.2, 0.25) is 0 Å². The van der Waals surface area contributed by atoms with Gasteiger partial charge in [-0.2, -0.15) is 0 Å². The van der Waals surface area contributed by atoms with E-state index in [1.807, 2.05) is 49.2 Å². The number of amides is 1. The van der Waals surface area contributed by atoms with Gasteiger partial charge in [-0.1, -0.05) is 30.3 Å². The lowest BCUT2D eigenvalue weighted by molar-refractivity contribution is -0.130. The number of likely N-dealkylation sites (tertiary alicyclic amines) is 1. The van der Waals surface area contributed by atoms with Crippen LogP contribution in [-0.4, -0.2) is 38.8 Å². The van der Waals surface area contributed by atoms with Crippen LogP contribution in [0.4, 0.5) is 10.9 Å². The smallest absolute Gasteiger partial charge is 0.222 e. The molecule has 0 aliphatic carbocycles. The van der Waals surface area contributed by atoms with Crippen molar-refractivity contribution in [2.75, 3.05) is 18.4 Å². The Balaban J connectivity index is 1.38. The van der Waals surface area contributed by atoms with Crippen LogP contribution in [0, 0.1) is 13.8 Å². The summed E-state index contributed by atoms with van der Waals surface area (Å²) in [7, 11) is 0. The van der Waals surface area contributed by atoms with E-state index in [9.17, 15) is 4.79 Å². The van der Waals surface area contributed by atoms with Gasteiger partial charge in [0.05, 0.1) is 5.69 Å². The van der Waals surface area contributed by atoms with Gasteiger partial charge in [-0.05, 0) is 32.3 Å². The van der Waals surface area contributed by atoms with E-state index in [0.717, 1.165) is 53.3 Å². The molecule has 1 aliphatic rings. The zero-order valence-corrected chi connectivity index (χ0v) is 17.6. The summed E-state index contributed by atoms with van der Waals surface area (Å²) >= 11 is 1.60. The first-order valence-corrected chi connectivity index (χ1v) is 10.8. The molecule has 3 aromatic rings. The number of nitrogens with zero attached hydrogens (tertiary/aromatic N) is 4. The quantitative estimate of drug-likeness (QED) is 0.662. The summed E-state index contributed by atoms with van der Waals surface area (Å²) in [6, 6.07) is 12.2. The zero-order valence-electron chi connectivity index (χ0n) is 16.8. The molecule has 0 saturated carbocycles. The first-order chi connectivity index (χ1) is 14.1. The normalized spacial score (nSPS) is 16.2. The standard InChI is InChI=1S/C22H25N5OS/c1-15-13-23-22(29-15)26-20-12-19(24-16(2)25-20)18-10-11-27(14-18)21(28)9-8-17-6-4-3-5-7-17/h3-7,12-13,18H,8-11,14H2,1-2H3,(H,23,24,25,26). The minimum absolute atomic E-state index is 0.221. The third-order valence-electron chi connectivity index (χ3n) is 5.14. The summed E-state index contributed by atoms with van der Waals surface area (Å²) < 4.78 is 0. The Bertz CT molecular complexity index is 988. The van der Waals surface area contributed by atoms with Crippen LogP contribution in [0.3, 0.4) is 0 Å². The fourth-order valence-corrected chi connectivity index (χ4v) is 4.34. The third-order valence-corrected chi connectivity index (χ3v) is 5.97. The lowest BCUT2D eigenvalue weighted by atomic mass is 10.0. The van der Waals surface area contributed by atoms with Crippen molar-refractivity contribution >= 4 is 28.2 Å². The second kappa shape index (κ2) is 8.69. The number of aryl methyl sites for hydroxylation is 3. The van der Waals surface area contributed by atoms with Gasteiger partial charge < -0.3 is 10.2 Å². The molecule has 0 bridgehead atoms. The molecule has 1 aromatic carbocycles. The number of anilines is 2. The number of carbonyl (C=O) groups excluding carboxylic acids is 1. The van der Waals surface area contributed by atoms with E-state index in [-0.39, 0.29) is 11.8 Å². The van der Waals surface area contributed by atoms with Crippen LogP contribution < -0.4 is 5.32 Å². The van der Waals surface area contributed by atoms with Crippen LogP contribution >= 0.6 is 11.3 Å². The number of carbonyl (C=O) groups is 1. The predicted octanol–water partition coefficient (Wildman–Crippen LogP) is 4.24. The fourth-order valence-electron chi connectivity index (χ4n) is 3.67. The number of hydrogen-bond acceptors (Lipinski definition) is 6. The summed E-state index contributed by atoms with van der Waals surface area (Å²) in [5, 5.41) is 4.11. The van der Waals surface area contributed by atoms with Gasteiger partial charge in [0.15, 0.2) is 5.13 Å². The molecule has 7 heteroatoms. The summed E-state index contributed by atoms with van der Waals surface area (Å²) in [5.41, 5.74) is 2.20. The van der Waals surface area contributed by atoms with E-state index in [1.165, 1.54) is 5.56 Å². The van der Waals surface area contributed by atoms with Crippen LogP contribution in [0.1, 0.15) is 40.7 Å². The van der Waals surface area contributed by atoms with E-state index in [1.54, 1.807) is 11.3 Å². The minimum atomic E-state index is 0.221. The summed E-state index contributed by atoms with van der Waals surface area (Å²) in [6.07, 6.45) is 4.12. The second-order valence-corrected chi connectivity index (χ2v) is 8.67. The molecule has 0 spiro atoms. The third kappa shape index (κ3) is 4.98. The number of aromatic nitrogens is 3. The Hall–Kier alpha value is -2.80. The van der Waals surface area contributed by atoms with E-state index in [4.69, 9.17) is 0 Å². The van der Waals surface area contributed by atoms with Crippen molar-refractivity contribution in [2.45, 2.75) is 39.0 Å². The highest BCUT2D eigenvalue weighted by Gasteiger charge is 2.28. The van der Waals surface area contributed by atoms with Crippen molar-refractivity contribution in [1.82, 2.24) is 19.9 Å². The average molecular weight is 408 g/mol. The molecule has 3 heterocycles. The number of thiazole rings is 1. The number of hydrogen-bond donors (Lipinski definition) is 1. The lowest BCUT2D eigenvalue weighted by Gasteiger charge is -2.17. The molecule has 29 heavy (non-hydrogen) atoms. The second-order valence-electron chi connectivity index (χ2n) is 7.44. The topological polar surface area (TPSA) is 71.0 Å². The van der Waals surface area contributed by atoms with E-state index >= 15 is 0 Å². The van der Waals surface area contributed by atoms with Crippen molar-refractivity contribution < 1.29 is 4.79 Å². The first kappa shape index (κ1) is 19.5. The van der Waals surface area contributed by atoms with E-state index in [2.05, 4.69) is 32.4 Å². The average Bonchev–Trinajstić information content (AvgIpc) is 3.36. The van der Waals surface area contributed by atoms with Gasteiger partial charge in [0, 0.05) is 42.6 Å². The van der Waals surface area contributed by atoms with Crippen molar-refractivity contribution in [3.05, 3.63) is 64.6 Å². The molecule has 1 saturated heterocycles. The maximum Gasteiger partial charge on any atom is 0.222 e. The van der Waals surface area contributed by atoms with Crippen molar-refractivity contribution in [2.24, 2.45) is 0 Å². The summed E-state index contributed by atoms with van der Waals surface area (Å²) in [6.45, 7) is 5.44. The van der Waals surface area contributed by atoms with E-state index < -0.39 is 0 Å². The molecule has 1 unspecified atom stereocenters. The Morgan fingerprint density at radius 2 is 2.07 bits per heavy atom. The van der Waals surface area contributed by atoms with Gasteiger partial charge in [0.25, 0.3) is 0 Å². The molecule has 1 atom stereocenters. The van der Waals surface area contributed by atoms with Gasteiger partial charge in [0.2, 0.25) is 5.91 Å². The van der Waals surface area contributed by atoms with Crippen LogP contribution in [-0.2, 0) is 11.2 Å². The first-order valence-electron chi connectivity index (χ1n) is 9.93. The lowest BCUT2D eigenvalue weighted by Crippen LogP contribution is -2.28. The zero-order chi connectivity index (χ0) is 20.2. The van der Waals surface area contributed by atoms with Gasteiger partial charge >= 0.3 is 0 Å². The maximum atomic E-state index is 12.6. The molecule has 0 radical (unpaired) electrons. The van der Waals surface area contributed by atoms with Gasteiger partial charge in [-0.25, -0.2) is 15.0 Å². The predicted molar refractivity (Wildman–Crippen MR) is 116 cm³/mol. The summed E-state index contributed by atoms with van der Waals surface area (Å²) in [4.78, 5) is 29.3. The SMILES string of the molecule is Cc1nc(Nc2ncc(C)s2)cc(C2CCN(C(=O)CCc3ccccc3)C2)n1. The Kier molecular flexibility index (Phi) is 5.85. The summed E-state index contributed by atoms with van der Waals surface area (Å²) in [5.74, 6) is 1.96. The van der Waals surface area contributed by atoms with E-state index in [0.29, 0.717) is 6.42 Å². The fraction of sp³-hybridized carbons (Fsp3) is 0.364. The Morgan fingerprint density at radius 3 is 2.83 bits per heavy atom. The number of benzene rings is 1. The monoisotopic (exact) mass is 407 g/mol. The highest BCUT2D eigenvalue weighted by Crippen LogP contribution is 2.29. The van der Waals surface area contributed by atoms with Gasteiger partial charge in [-0.15, -0.1) is 11.3 Å². The van der Waals surface area contributed by atoms with Crippen LogP contribution in [0.15, 0.2) is 42.6 Å². The molecular formula is C22H25N5OS. The van der Waals surface area contributed by atoms with Crippen molar-refractivity contribution in [3.63, 3.8) is 0 Å². The molecule has 2 aromatic heterocycles. The largest absolute Gasteiger partial charge is 0.342 e. The van der Waals surface area contributed by atoms with Crippen molar-refractivity contribution in [1.29, 1.82) is 0 Å². The highest BCUT2D eigenvalue weighted by molar-refractivity contribution is 7.15. The molecule has 1 N–H and O–H groups in total. The molecule has 6 nitrogen and oxygen atoms in total. The highest BCUT2D eigenvalue weighted by atomic mass is 32.1. The number of rotatable bonds is 6. The molecule has 1 amide bonds. The minimum Gasteiger partial charge on any atom is -0.342 e. The van der Waals surface area contributed by atoms with Crippen LogP contribution in [0.5, 0.6) is 0 Å². The van der Waals surface area contributed by atoms with Gasteiger partial charge in [0.1, 0.15) is 11.6 Å². The van der Waals surface area contributed by atoms with Crippen LogP contribution in [0.25, 0.3) is 0 Å². The maximum absolute atomic E-state index is 12.6. The Labute approximate surface area is 175 Å². The van der Waals surface area contributed by atoms with Crippen molar-refractivity contribution in [3.8, 4) is 0 Å². The molecule has 150 valence electrons. The number of nitrogens with one attached hydrogen (secondary N) is 1. The molecule has 1 aliphatic heterocycles.